The van der Waals surface area contributed by atoms with Crippen molar-refractivity contribution in [2.75, 3.05) is 6.61 Å². The van der Waals surface area contributed by atoms with Crippen LogP contribution in [0.1, 0.15) is 107 Å². The Kier molecular flexibility index (Phi) is 11.9. The maximum absolute atomic E-state index is 12.8. The molecule has 1 aromatic carbocycles. The summed E-state index contributed by atoms with van der Waals surface area (Å²) < 4.78 is 19.1. The molecule has 186 valence electrons. The summed E-state index contributed by atoms with van der Waals surface area (Å²) in [7, 11) is 0. The van der Waals surface area contributed by atoms with E-state index in [1.165, 1.54) is 100 Å². The molecule has 0 saturated heterocycles. The van der Waals surface area contributed by atoms with Crippen molar-refractivity contribution in [1.29, 1.82) is 5.26 Å². The first-order chi connectivity index (χ1) is 16.7. The number of aryl methyl sites for hydroxylation is 1. The number of rotatable bonds is 12. The summed E-state index contributed by atoms with van der Waals surface area (Å²) in [5, 5.41) is 8.40. The number of nitrogens with zero attached hydrogens (tertiary/aromatic N) is 1. The van der Waals surface area contributed by atoms with Crippen molar-refractivity contribution in [2.45, 2.75) is 109 Å². The van der Waals surface area contributed by atoms with Crippen LogP contribution in [-0.2, 0) is 11.2 Å². The lowest BCUT2D eigenvalue weighted by atomic mass is 9.80. The topological polar surface area (TPSA) is 33.0 Å². The van der Waals surface area contributed by atoms with Gasteiger partial charge in [-0.1, -0.05) is 69.0 Å². The third-order valence-corrected chi connectivity index (χ3v) is 7.96. The normalized spacial score (nSPS) is 26.0. The van der Waals surface area contributed by atoms with Gasteiger partial charge in [-0.2, -0.15) is 9.65 Å². The molecule has 2 aliphatic carbocycles. The Morgan fingerprint density at radius 3 is 2.38 bits per heavy atom. The standard InChI is InChI=1S/C31H44FNO/c1-2-3-5-8-26-15-17-28(18-16-26)29-19-21-31(22-20-29)34-24-27-13-11-25(12-14-27)9-6-4-7-10-30(32)23-33/h4,7,10,15-18,25,27,29,31H,2-3,5-6,8-9,11-14,19-22,24H2,1H3/t25-,27-,29-,31-. The molecule has 0 spiro atoms. The molecule has 1 aromatic rings. The second-order valence-electron chi connectivity index (χ2n) is 10.5. The summed E-state index contributed by atoms with van der Waals surface area (Å²) in [6, 6.07) is 11.0. The van der Waals surface area contributed by atoms with Crippen molar-refractivity contribution in [3.8, 4) is 6.07 Å². The molecule has 0 bridgehead atoms. The van der Waals surface area contributed by atoms with E-state index >= 15 is 0 Å². The van der Waals surface area contributed by atoms with E-state index in [0.717, 1.165) is 31.3 Å². The molecule has 3 heteroatoms. The first-order valence-electron chi connectivity index (χ1n) is 13.8. The van der Waals surface area contributed by atoms with Gasteiger partial charge in [0.05, 0.1) is 6.10 Å². The maximum atomic E-state index is 12.8. The molecule has 0 amide bonds. The third kappa shape index (κ3) is 9.38. The molecule has 0 aliphatic heterocycles. The van der Waals surface area contributed by atoms with Gasteiger partial charge in [0.2, 0.25) is 0 Å². The van der Waals surface area contributed by atoms with Crippen molar-refractivity contribution in [3.63, 3.8) is 0 Å². The van der Waals surface area contributed by atoms with Crippen molar-refractivity contribution in [1.82, 2.24) is 0 Å². The zero-order valence-electron chi connectivity index (χ0n) is 21.2. The van der Waals surface area contributed by atoms with Crippen LogP contribution < -0.4 is 0 Å². The fraction of sp³-hybridized carbons (Fsp3) is 0.645. The second kappa shape index (κ2) is 15.2. The molecule has 2 fully saturated rings. The number of benzene rings is 1. The van der Waals surface area contributed by atoms with Gasteiger partial charge in [-0.25, -0.2) is 0 Å². The van der Waals surface area contributed by atoms with Crippen LogP contribution in [0.4, 0.5) is 4.39 Å². The van der Waals surface area contributed by atoms with Crippen LogP contribution in [0.5, 0.6) is 0 Å². The molecular formula is C31H44FNO. The molecule has 0 unspecified atom stereocenters. The van der Waals surface area contributed by atoms with Gasteiger partial charge in [-0.3, -0.25) is 0 Å². The first-order valence-corrected chi connectivity index (χ1v) is 13.8. The summed E-state index contributed by atoms with van der Waals surface area (Å²) in [6.45, 7) is 3.20. The highest BCUT2D eigenvalue weighted by molar-refractivity contribution is 5.26. The Morgan fingerprint density at radius 1 is 1.00 bits per heavy atom. The minimum absolute atomic E-state index is 0.453. The lowest BCUT2D eigenvalue weighted by Crippen LogP contribution is -2.25. The van der Waals surface area contributed by atoms with Crippen LogP contribution in [0.3, 0.4) is 0 Å². The van der Waals surface area contributed by atoms with Gasteiger partial charge >= 0.3 is 0 Å². The van der Waals surface area contributed by atoms with E-state index in [1.807, 2.05) is 6.08 Å². The number of halogens is 1. The van der Waals surface area contributed by atoms with Crippen LogP contribution in [-0.4, -0.2) is 12.7 Å². The van der Waals surface area contributed by atoms with E-state index in [2.05, 4.69) is 31.2 Å². The number of unbranched alkanes of at least 4 members (excludes halogenated alkanes) is 2. The summed E-state index contributed by atoms with van der Waals surface area (Å²) in [5.41, 5.74) is 3.01. The minimum atomic E-state index is -0.725. The second-order valence-corrected chi connectivity index (χ2v) is 10.5. The fourth-order valence-electron chi connectivity index (χ4n) is 5.68. The Bertz CT molecular complexity index is 790. The molecular weight excluding hydrogens is 421 g/mol. The molecule has 0 N–H and O–H groups in total. The van der Waals surface area contributed by atoms with Crippen molar-refractivity contribution >= 4 is 0 Å². The zero-order chi connectivity index (χ0) is 24.0. The van der Waals surface area contributed by atoms with E-state index in [0.29, 0.717) is 12.0 Å². The Hall–Kier alpha value is -1.92. The van der Waals surface area contributed by atoms with Gasteiger partial charge in [0.1, 0.15) is 6.07 Å². The van der Waals surface area contributed by atoms with Gasteiger partial charge in [0.15, 0.2) is 5.83 Å². The predicted octanol–water partition coefficient (Wildman–Crippen LogP) is 8.98. The monoisotopic (exact) mass is 465 g/mol. The molecule has 2 aliphatic rings. The van der Waals surface area contributed by atoms with Crippen molar-refractivity contribution in [2.24, 2.45) is 11.8 Å². The summed E-state index contributed by atoms with van der Waals surface area (Å²) in [4.78, 5) is 0. The number of hydrogen-bond acceptors (Lipinski definition) is 2. The molecule has 0 heterocycles. The number of ether oxygens (including phenoxy) is 1. The molecule has 34 heavy (non-hydrogen) atoms. The van der Waals surface area contributed by atoms with Gasteiger partial charge in [0, 0.05) is 6.61 Å². The summed E-state index contributed by atoms with van der Waals surface area (Å²) >= 11 is 0. The van der Waals surface area contributed by atoms with E-state index in [-0.39, 0.29) is 0 Å². The van der Waals surface area contributed by atoms with Gasteiger partial charge < -0.3 is 4.74 Å². The Balaban J connectivity index is 1.27. The summed E-state index contributed by atoms with van der Waals surface area (Å²) in [5.74, 6) is 1.48. The average Bonchev–Trinajstić information content (AvgIpc) is 2.89. The maximum Gasteiger partial charge on any atom is 0.199 e. The SMILES string of the molecule is CCCCCc1ccc([C@H]2CC[C@H](OC[C@H]3CC[C@H](CCC=CC=C(F)C#N)CC3)CC2)cc1. The highest BCUT2D eigenvalue weighted by Gasteiger charge is 2.25. The van der Waals surface area contributed by atoms with E-state index < -0.39 is 5.83 Å². The quantitative estimate of drug-likeness (QED) is 0.175. The molecule has 0 aromatic heterocycles. The first kappa shape index (κ1) is 26.7. The van der Waals surface area contributed by atoms with E-state index in [1.54, 1.807) is 6.08 Å². The zero-order valence-corrected chi connectivity index (χ0v) is 21.2. The average molecular weight is 466 g/mol. The van der Waals surface area contributed by atoms with Crippen LogP contribution in [0.25, 0.3) is 0 Å². The minimum Gasteiger partial charge on any atom is -0.378 e. The van der Waals surface area contributed by atoms with Crippen LogP contribution in [0.15, 0.2) is 48.3 Å². The summed E-state index contributed by atoms with van der Waals surface area (Å²) in [6.07, 6.45) is 22.6. The predicted molar refractivity (Wildman–Crippen MR) is 139 cm³/mol. The number of allylic oxidation sites excluding steroid dienone is 4. The highest BCUT2D eigenvalue weighted by atomic mass is 19.1. The van der Waals surface area contributed by atoms with Crippen molar-refractivity contribution < 1.29 is 9.13 Å². The van der Waals surface area contributed by atoms with Gasteiger partial charge in [0.25, 0.3) is 0 Å². The third-order valence-electron chi connectivity index (χ3n) is 7.96. The number of nitriles is 1. The smallest absolute Gasteiger partial charge is 0.199 e. The molecule has 3 rings (SSSR count). The van der Waals surface area contributed by atoms with Gasteiger partial charge in [-0.15, -0.1) is 0 Å². The molecule has 2 nitrogen and oxygen atoms in total. The number of hydrogen-bond donors (Lipinski definition) is 0. The lowest BCUT2D eigenvalue weighted by Gasteiger charge is -2.32. The molecule has 0 radical (unpaired) electrons. The largest absolute Gasteiger partial charge is 0.378 e. The Labute approximate surface area is 207 Å². The van der Waals surface area contributed by atoms with E-state index in [9.17, 15) is 4.39 Å². The molecule has 2 saturated carbocycles. The van der Waals surface area contributed by atoms with Gasteiger partial charge in [-0.05, 0) is 99.2 Å². The van der Waals surface area contributed by atoms with Crippen molar-refractivity contribution in [3.05, 3.63) is 59.4 Å². The van der Waals surface area contributed by atoms with E-state index in [4.69, 9.17) is 10.00 Å². The Morgan fingerprint density at radius 2 is 1.71 bits per heavy atom. The van der Waals surface area contributed by atoms with Crippen LogP contribution >= 0.6 is 0 Å². The highest BCUT2D eigenvalue weighted by Crippen LogP contribution is 2.36. The van der Waals surface area contributed by atoms with Crippen LogP contribution in [0, 0.1) is 23.2 Å². The molecule has 0 atom stereocenters. The fourth-order valence-corrected chi connectivity index (χ4v) is 5.68. The lowest BCUT2D eigenvalue weighted by molar-refractivity contribution is -0.00474. The van der Waals surface area contributed by atoms with Crippen LogP contribution in [0.2, 0.25) is 0 Å².